The summed E-state index contributed by atoms with van der Waals surface area (Å²) in [7, 11) is 0. The van der Waals surface area contributed by atoms with Gasteiger partial charge in [-0.15, -0.1) is 0 Å². The lowest BCUT2D eigenvalue weighted by Gasteiger charge is -2.29. The summed E-state index contributed by atoms with van der Waals surface area (Å²) >= 11 is 0. The molecule has 2 unspecified atom stereocenters. The second-order valence-electron chi connectivity index (χ2n) is 5.17. The van der Waals surface area contributed by atoms with Gasteiger partial charge >= 0.3 is 0 Å². The molecular weight excluding hydrogens is 150 g/mol. The van der Waals surface area contributed by atoms with E-state index in [0.29, 0.717) is 17.9 Å². The van der Waals surface area contributed by atoms with Crippen LogP contribution in [0.5, 0.6) is 0 Å². The molecule has 0 heterocycles. The number of hydrogen-bond acceptors (Lipinski definition) is 2. The molecule has 0 aliphatic heterocycles. The third kappa shape index (κ3) is 1.99. The summed E-state index contributed by atoms with van der Waals surface area (Å²) in [5.41, 5.74) is 5.29. The summed E-state index contributed by atoms with van der Waals surface area (Å²) in [5.74, 6) is 0.400. The summed E-state index contributed by atoms with van der Waals surface area (Å²) in [6, 6.07) is 0. The smallest absolute Gasteiger partial charge is 0.0769 e. The Hall–Kier alpha value is -0.0800. The average molecular weight is 171 g/mol. The molecule has 1 saturated carbocycles. The van der Waals surface area contributed by atoms with Gasteiger partial charge in [-0.2, -0.15) is 0 Å². The topological polar surface area (TPSA) is 46.2 Å². The van der Waals surface area contributed by atoms with Gasteiger partial charge in [0.1, 0.15) is 0 Å². The average Bonchev–Trinajstić information content (AvgIpc) is 2.31. The van der Waals surface area contributed by atoms with Crippen molar-refractivity contribution in [1.29, 1.82) is 0 Å². The fourth-order valence-electron chi connectivity index (χ4n) is 2.13. The minimum Gasteiger partial charge on any atom is -0.389 e. The number of aliphatic hydroxyl groups is 1. The molecule has 2 heteroatoms. The van der Waals surface area contributed by atoms with E-state index in [1.54, 1.807) is 0 Å². The number of nitrogens with two attached hydrogens (primary N) is 1. The van der Waals surface area contributed by atoms with Crippen molar-refractivity contribution in [3.63, 3.8) is 0 Å². The first-order chi connectivity index (χ1) is 5.37. The lowest BCUT2D eigenvalue weighted by atomic mass is 9.84. The fourth-order valence-corrected chi connectivity index (χ4v) is 2.13. The van der Waals surface area contributed by atoms with Crippen molar-refractivity contribution >= 4 is 0 Å². The summed E-state index contributed by atoms with van der Waals surface area (Å²) in [6.45, 7) is 6.77. The van der Waals surface area contributed by atoms with Crippen molar-refractivity contribution in [2.24, 2.45) is 17.1 Å². The fraction of sp³-hybridized carbons (Fsp3) is 1.00. The van der Waals surface area contributed by atoms with E-state index in [-0.39, 0.29) is 0 Å². The molecule has 2 nitrogen and oxygen atoms in total. The first-order valence-electron chi connectivity index (χ1n) is 4.80. The molecule has 1 aliphatic rings. The van der Waals surface area contributed by atoms with Crippen LogP contribution in [-0.2, 0) is 0 Å². The first-order valence-corrected chi connectivity index (χ1v) is 4.80. The van der Waals surface area contributed by atoms with Crippen molar-refractivity contribution in [2.45, 2.75) is 45.6 Å². The molecule has 3 N–H and O–H groups in total. The standard InChI is InChI=1S/C10H21NO/c1-9(2)5-4-8(6-9)10(3,12)7-11/h8,12H,4-7,11H2,1-3H3. The van der Waals surface area contributed by atoms with Crippen LogP contribution in [0.2, 0.25) is 0 Å². The van der Waals surface area contributed by atoms with Gasteiger partial charge in [0.15, 0.2) is 0 Å². The van der Waals surface area contributed by atoms with E-state index >= 15 is 0 Å². The van der Waals surface area contributed by atoms with Gasteiger partial charge in [-0.3, -0.25) is 0 Å². The van der Waals surface area contributed by atoms with E-state index in [1.807, 2.05) is 6.92 Å². The molecule has 1 fully saturated rings. The minimum atomic E-state index is -0.645. The van der Waals surface area contributed by atoms with Gasteiger partial charge in [0.2, 0.25) is 0 Å². The van der Waals surface area contributed by atoms with Crippen LogP contribution in [-0.4, -0.2) is 17.3 Å². The van der Waals surface area contributed by atoms with Crippen LogP contribution in [0.4, 0.5) is 0 Å². The van der Waals surface area contributed by atoms with Crippen molar-refractivity contribution in [2.75, 3.05) is 6.54 Å². The number of rotatable bonds is 2. The molecule has 0 aromatic rings. The monoisotopic (exact) mass is 171 g/mol. The van der Waals surface area contributed by atoms with Gasteiger partial charge in [0.05, 0.1) is 5.60 Å². The van der Waals surface area contributed by atoms with Gasteiger partial charge < -0.3 is 10.8 Å². The van der Waals surface area contributed by atoms with Gasteiger partial charge in [0, 0.05) is 6.54 Å². The lowest BCUT2D eigenvalue weighted by molar-refractivity contribution is 0.00627. The van der Waals surface area contributed by atoms with Crippen LogP contribution in [0.3, 0.4) is 0 Å². The second kappa shape index (κ2) is 3.00. The Morgan fingerprint density at radius 1 is 1.58 bits per heavy atom. The molecule has 1 aliphatic carbocycles. The quantitative estimate of drug-likeness (QED) is 0.661. The van der Waals surface area contributed by atoms with E-state index in [4.69, 9.17) is 5.73 Å². The molecule has 1 rings (SSSR count). The predicted octanol–water partition coefficient (Wildman–Crippen LogP) is 1.52. The summed E-state index contributed by atoms with van der Waals surface area (Å²) in [6.07, 6.45) is 3.45. The largest absolute Gasteiger partial charge is 0.389 e. The van der Waals surface area contributed by atoms with Crippen LogP contribution in [0.15, 0.2) is 0 Å². The zero-order chi connectivity index (χ0) is 9.41. The molecule has 0 aromatic heterocycles. The number of hydrogen-bond donors (Lipinski definition) is 2. The zero-order valence-corrected chi connectivity index (χ0v) is 8.43. The van der Waals surface area contributed by atoms with Crippen LogP contribution in [0, 0.1) is 11.3 Å². The van der Waals surface area contributed by atoms with Crippen molar-refractivity contribution in [1.82, 2.24) is 0 Å². The highest BCUT2D eigenvalue weighted by molar-refractivity contribution is 4.92. The highest BCUT2D eigenvalue weighted by Gasteiger charge is 2.40. The van der Waals surface area contributed by atoms with Gasteiger partial charge in [-0.05, 0) is 37.5 Å². The van der Waals surface area contributed by atoms with E-state index in [1.165, 1.54) is 6.42 Å². The van der Waals surface area contributed by atoms with Crippen LogP contribution < -0.4 is 5.73 Å². The third-order valence-corrected chi connectivity index (χ3v) is 3.26. The van der Waals surface area contributed by atoms with E-state index in [9.17, 15) is 5.11 Å². The van der Waals surface area contributed by atoms with Crippen LogP contribution in [0.1, 0.15) is 40.0 Å². The highest BCUT2D eigenvalue weighted by Crippen LogP contribution is 2.44. The second-order valence-corrected chi connectivity index (χ2v) is 5.17. The van der Waals surface area contributed by atoms with Crippen molar-refractivity contribution in [3.8, 4) is 0 Å². The Bertz CT molecular complexity index is 163. The Morgan fingerprint density at radius 2 is 2.17 bits per heavy atom. The van der Waals surface area contributed by atoms with Crippen LogP contribution in [0.25, 0.3) is 0 Å². The lowest BCUT2D eigenvalue weighted by Crippen LogP contribution is -2.41. The molecule has 0 saturated heterocycles. The van der Waals surface area contributed by atoms with E-state index < -0.39 is 5.60 Å². The van der Waals surface area contributed by atoms with Gasteiger partial charge in [0.25, 0.3) is 0 Å². The first kappa shape index (κ1) is 10.0. The summed E-state index contributed by atoms with van der Waals surface area (Å²) in [4.78, 5) is 0. The summed E-state index contributed by atoms with van der Waals surface area (Å²) in [5, 5.41) is 9.93. The molecule has 0 amide bonds. The molecule has 12 heavy (non-hydrogen) atoms. The molecule has 2 atom stereocenters. The van der Waals surface area contributed by atoms with Crippen LogP contribution >= 0.6 is 0 Å². The Morgan fingerprint density at radius 3 is 2.50 bits per heavy atom. The highest BCUT2D eigenvalue weighted by atomic mass is 16.3. The Kier molecular flexibility index (Phi) is 2.50. The third-order valence-electron chi connectivity index (χ3n) is 3.26. The van der Waals surface area contributed by atoms with Crippen molar-refractivity contribution in [3.05, 3.63) is 0 Å². The van der Waals surface area contributed by atoms with Gasteiger partial charge in [-0.1, -0.05) is 13.8 Å². The molecule has 72 valence electrons. The Labute approximate surface area is 75.2 Å². The minimum absolute atomic E-state index is 0.383. The van der Waals surface area contributed by atoms with E-state index in [0.717, 1.165) is 12.8 Å². The van der Waals surface area contributed by atoms with E-state index in [2.05, 4.69) is 13.8 Å². The maximum atomic E-state index is 9.93. The molecule has 0 radical (unpaired) electrons. The van der Waals surface area contributed by atoms with Gasteiger partial charge in [-0.25, -0.2) is 0 Å². The predicted molar refractivity (Wildman–Crippen MR) is 50.8 cm³/mol. The zero-order valence-electron chi connectivity index (χ0n) is 8.43. The normalized spacial score (nSPS) is 33.2. The maximum Gasteiger partial charge on any atom is 0.0769 e. The van der Waals surface area contributed by atoms with Crippen molar-refractivity contribution < 1.29 is 5.11 Å². The molecule has 0 bridgehead atoms. The molecular formula is C10H21NO. The SMILES string of the molecule is CC1(C)CCC(C(C)(O)CN)C1. The molecule has 0 spiro atoms. The Balaban J connectivity index is 2.58. The summed E-state index contributed by atoms with van der Waals surface area (Å²) < 4.78 is 0. The molecule has 0 aromatic carbocycles. The maximum absolute atomic E-state index is 9.93.